The van der Waals surface area contributed by atoms with Crippen LogP contribution in [0.2, 0.25) is 0 Å². The lowest BCUT2D eigenvalue weighted by atomic mass is 10.2. The molecule has 0 spiro atoms. The van der Waals surface area contributed by atoms with E-state index in [1.165, 1.54) is 0 Å². The van der Waals surface area contributed by atoms with Gasteiger partial charge in [0.1, 0.15) is 5.82 Å². The molecule has 2 atom stereocenters. The summed E-state index contributed by atoms with van der Waals surface area (Å²) in [6.45, 7) is 3.80. The number of aliphatic hydroxyl groups excluding tert-OH is 1. The average Bonchev–Trinajstić information content (AvgIpc) is 2.95. The number of anilines is 1. The second-order valence-electron chi connectivity index (χ2n) is 4.46. The van der Waals surface area contributed by atoms with Crippen molar-refractivity contribution in [1.82, 2.24) is 9.78 Å². The fourth-order valence-corrected chi connectivity index (χ4v) is 2.52. The maximum absolute atomic E-state index is 9.34. The summed E-state index contributed by atoms with van der Waals surface area (Å²) < 4.78 is 10.9. The minimum Gasteiger partial charge on any atom is -0.394 e. The van der Waals surface area contributed by atoms with Crippen LogP contribution < -0.4 is 4.90 Å². The van der Waals surface area contributed by atoms with Crippen molar-refractivity contribution in [2.45, 2.75) is 37.6 Å². The number of hydrogen-bond acceptors (Lipinski definition) is 5. The van der Waals surface area contributed by atoms with Gasteiger partial charge in [0, 0.05) is 17.9 Å². The van der Waals surface area contributed by atoms with E-state index in [1.54, 1.807) is 6.20 Å². The summed E-state index contributed by atoms with van der Waals surface area (Å²) in [5.74, 6) is 1.04. The number of hydrogen-bond donors (Lipinski definition) is 2. The molecular formula is C11H19N3O2S. The molecule has 2 heterocycles. The topological polar surface area (TPSA) is 61.5 Å². The van der Waals surface area contributed by atoms with Gasteiger partial charge in [0.2, 0.25) is 0 Å². The molecule has 0 amide bonds. The molecule has 0 aliphatic carbocycles. The maximum Gasteiger partial charge on any atom is 0.127 e. The van der Waals surface area contributed by atoms with Gasteiger partial charge in [0.25, 0.3) is 0 Å². The van der Waals surface area contributed by atoms with Crippen molar-refractivity contribution in [3.63, 3.8) is 0 Å². The van der Waals surface area contributed by atoms with Gasteiger partial charge < -0.3 is 14.6 Å². The molecule has 0 radical (unpaired) electrons. The Hall–Kier alpha value is -0.720. The minimum atomic E-state index is 0.115. The first-order valence-electron chi connectivity index (χ1n) is 5.95. The van der Waals surface area contributed by atoms with E-state index in [4.69, 9.17) is 4.55 Å². The zero-order valence-corrected chi connectivity index (χ0v) is 10.8. The largest absolute Gasteiger partial charge is 0.394 e. The molecule has 0 saturated carbocycles. The van der Waals surface area contributed by atoms with Crippen molar-refractivity contribution < 1.29 is 9.66 Å². The molecule has 2 unspecified atom stereocenters. The molecule has 6 heteroatoms. The molecule has 5 nitrogen and oxygen atoms in total. The Bertz CT molecular complexity index is 358. The van der Waals surface area contributed by atoms with E-state index in [1.807, 2.05) is 17.7 Å². The summed E-state index contributed by atoms with van der Waals surface area (Å²) in [4.78, 5) is 2.21. The lowest BCUT2D eigenvalue weighted by Crippen LogP contribution is -2.34. The monoisotopic (exact) mass is 257 g/mol. The van der Waals surface area contributed by atoms with Gasteiger partial charge in [0.05, 0.1) is 25.4 Å². The van der Waals surface area contributed by atoms with Gasteiger partial charge in [-0.3, -0.25) is 0 Å². The SMILES string of the molecule is CC(Cn1nccc1N1CCCC1CO)SO. The van der Waals surface area contributed by atoms with Crippen LogP contribution in [0, 0.1) is 0 Å². The normalized spacial score (nSPS) is 22.1. The Labute approximate surface area is 106 Å². The van der Waals surface area contributed by atoms with E-state index in [9.17, 15) is 5.11 Å². The molecule has 17 heavy (non-hydrogen) atoms. The van der Waals surface area contributed by atoms with E-state index in [0.29, 0.717) is 6.54 Å². The van der Waals surface area contributed by atoms with Gasteiger partial charge in [-0.1, -0.05) is 0 Å². The van der Waals surface area contributed by atoms with Crippen molar-refractivity contribution in [2.75, 3.05) is 18.1 Å². The minimum absolute atomic E-state index is 0.115. The molecule has 0 bridgehead atoms. The van der Waals surface area contributed by atoms with E-state index in [0.717, 1.165) is 37.2 Å². The van der Waals surface area contributed by atoms with Gasteiger partial charge >= 0.3 is 0 Å². The van der Waals surface area contributed by atoms with E-state index in [2.05, 4.69) is 10.00 Å². The van der Waals surface area contributed by atoms with Crippen molar-refractivity contribution in [1.29, 1.82) is 0 Å². The summed E-state index contributed by atoms with van der Waals surface area (Å²) in [5.41, 5.74) is 0. The molecular weight excluding hydrogens is 238 g/mol. The number of aromatic nitrogens is 2. The first-order valence-corrected chi connectivity index (χ1v) is 6.79. The summed E-state index contributed by atoms with van der Waals surface area (Å²) >= 11 is 0.852. The lowest BCUT2D eigenvalue weighted by Gasteiger charge is -2.26. The predicted octanol–water partition coefficient (Wildman–Crippen LogP) is 1.44. The summed E-state index contributed by atoms with van der Waals surface area (Å²) in [7, 11) is 0. The van der Waals surface area contributed by atoms with E-state index >= 15 is 0 Å². The van der Waals surface area contributed by atoms with Gasteiger partial charge in [-0.2, -0.15) is 5.10 Å². The highest BCUT2D eigenvalue weighted by Gasteiger charge is 2.26. The standard InChI is InChI=1S/C11H19N3O2S/c1-9(17-16)7-14-11(4-5-12-14)13-6-2-3-10(13)8-15/h4-5,9-10,15-16H,2-3,6-8H2,1H3. The molecule has 2 N–H and O–H groups in total. The van der Waals surface area contributed by atoms with Crippen LogP contribution in [0.3, 0.4) is 0 Å². The Balaban J connectivity index is 2.12. The van der Waals surface area contributed by atoms with Crippen molar-refractivity contribution in [3.8, 4) is 0 Å². The molecule has 1 aromatic heterocycles. The highest BCUT2D eigenvalue weighted by atomic mass is 32.2. The van der Waals surface area contributed by atoms with Crippen molar-refractivity contribution >= 4 is 17.9 Å². The first-order chi connectivity index (χ1) is 8.26. The van der Waals surface area contributed by atoms with E-state index < -0.39 is 0 Å². The smallest absolute Gasteiger partial charge is 0.127 e. The number of rotatable bonds is 5. The van der Waals surface area contributed by atoms with Crippen LogP contribution in [-0.4, -0.2) is 43.9 Å². The van der Waals surface area contributed by atoms with E-state index in [-0.39, 0.29) is 17.9 Å². The molecule has 1 aliphatic rings. The summed E-state index contributed by atoms with van der Waals surface area (Å²) in [6, 6.07) is 2.19. The predicted molar refractivity (Wildman–Crippen MR) is 69.4 cm³/mol. The molecule has 1 aromatic rings. The first kappa shape index (κ1) is 12.7. The zero-order chi connectivity index (χ0) is 12.3. The summed E-state index contributed by atoms with van der Waals surface area (Å²) in [6.07, 6.45) is 3.92. The second kappa shape index (κ2) is 5.75. The van der Waals surface area contributed by atoms with Gasteiger partial charge in [-0.05, 0) is 31.8 Å². The Kier molecular flexibility index (Phi) is 4.31. The molecule has 1 fully saturated rings. The second-order valence-corrected chi connectivity index (χ2v) is 5.48. The molecule has 0 aromatic carbocycles. The van der Waals surface area contributed by atoms with Crippen LogP contribution in [0.25, 0.3) is 0 Å². The Morgan fingerprint density at radius 2 is 2.47 bits per heavy atom. The fourth-order valence-electron chi connectivity index (χ4n) is 2.31. The van der Waals surface area contributed by atoms with Gasteiger partial charge in [-0.25, -0.2) is 4.68 Å². The van der Waals surface area contributed by atoms with Crippen LogP contribution in [0.1, 0.15) is 19.8 Å². The van der Waals surface area contributed by atoms with Gasteiger partial charge in [-0.15, -0.1) is 0 Å². The molecule has 1 aliphatic heterocycles. The van der Waals surface area contributed by atoms with Crippen LogP contribution in [-0.2, 0) is 6.54 Å². The van der Waals surface area contributed by atoms with Crippen molar-refractivity contribution in [2.24, 2.45) is 0 Å². The molecule has 1 saturated heterocycles. The van der Waals surface area contributed by atoms with Crippen LogP contribution in [0.5, 0.6) is 0 Å². The third-order valence-electron chi connectivity index (χ3n) is 3.19. The fraction of sp³-hybridized carbons (Fsp3) is 0.727. The van der Waals surface area contributed by atoms with Crippen molar-refractivity contribution in [3.05, 3.63) is 12.3 Å². The highest BCUT2D eigenvalue weighted by Crippen LogP contribution is 2.25. The quantitative estimate of drug-likeness (QED) is 0.782. The summed E-state index contributed by atoms with van der Waals surface area (Å²) in [5, 5.41) is 13.7. The van der Waals surface area contributed by atoms with Gasteiger partial charge in [0.15, 0.2) is 0 Å². The van der Waals surface area contributed by atoms with Crippen LogP contribution in [0.4, 0.5) is 5.82 Å². The van der Waals surface area contributed by atoms with Crippen LogP contribution in [0.15, 0.2) is 12.3 Å². The molecule has 96 valence electrons. The number of aliphatic hydroxyl groups is 1. The lowest BCUT2D eigenvalue weighted by molar-refractivity contribution is 0.265. The number of nitrogens with zero attached hydrogens (tertiary/aromatic N) is 3. The zero-order valence-electron chi connectivity index (χ0n) is 9.99. The Morgan fingerprint density at radius 3 is 3.18 bits per heavy atom. The Morgan fingerprint density at radius 1 is 1.65 bits per heavy atom. The molecule has 2 rings (SSSR count). The maximum atomic E-state index is 9.34. The highest BCUT2D eigenvalue weighted by molar-refractivity contribution is 7.94. The van der Waals surface area contributed by atoms with Crippen LogP contribution >= 0.6 is 12.0 Å². The third-order valence-corrected chi connectivity index (χ3v) is 3.70. The third kappa shape index (κ3) is 2.75. The average molecular weight is 257 g/mol.